The van der Waals surface area contributed by atoms with Crippen LogP contribution in [0, 0.1) is 11.3 Å². The molecule has 0 radical (unpaired) electrons. The number of carbonyl (C=O) groups is 1. The van der Waals surface area contributed by atoms with E-state index < -0.39 is 15.8 Å². The fraction of sp³-hybridized carbons (Fsp3) is 0.542. The van der Waals surface area contributed by atoms with Crippen LogP contribution in [0.25, 0.3) is 5.65 Å². The molecule has 3 aliphatic heterocycles. The maximum Gasteiger partial charge on any atom is 0.247 e. The molecule has 2 atom stereocenters. The van der Waals surface area contributed by atoms with Gasteiger partial charge in [0.1, 0.15) is 6.54 Å². The molecule has 15 heteroatoms. The van der Waals surface area contributed by atoms with Gasteiger partial charge in [0.05, 0.1) is 23.6 Å². The van der Waals surface area contributed by atoms with Crippen LogP contribution >= 0.6 is 0 Å². The zero-order valence-corrected chi connectivity index (χ0v) is 22.5. The molecule has 6 rings (SSSR count). The highest BCUT2D eigenvalue weighted by molar-refractivity contribution is 7.89. The summed E-state index contributed by atoms with van der Waals surface area (Å²) in [6, 6.07) is 5.32. The summed E-state index contributed by atoms with van der Waals surface area (Å²) >= 11 is 0. The second-order valence-electron chi connectivity index (χ2n) is 10.4. The number of carbonyl (C=O) groups excluding carboxylic acids is 1. The SMILES string of the molecule is CN1CCN(C(=O)Cn2cc(Nc3nc4c(N5CC6CCC(C5)N6S(=O)(=O)CC#N)cccn4n3)cn2)CC1. The molecular formula is C24H31N11O3S. The molecule has 3 aliphatic rings. The number of nitrogens with zero attached hydrogens (tertiary/aromatic N) is 10. The number of amides is 1. The third-order valence-electron chi connectivity index (χ3n) is 7.71. The lowest BCUT2D eigenvalue weighted by Gasteiger charge is -2.40. The zero-order valence-electron chi connectivity index (χ0n) is 21.7. The van der Waals surface area contributed by atoms with Crippen LogP contribution in [0.3, 0.4) is 0 Å². The van der Waals surface area contributed by atoms with Gasteiger partial charge in [-0.15, -0.1) is 5.10 Å². The molecule has 14 nitrogen and oxygen atoms in total. The van der Waals surface area contributed by atoms with E-state index in [1.54, 1.807) is 32.0 Å². The van der Waals surface area contributed by atoms with E-state index in [0.29, 0.717) is 30.4 Å². The fourth-order valence-corrected chi connectivity index (χ4v) is 7.37. The molecule has 0 spiro atoms. The van der Waals surface area contributed by atoms with E-state index in [1.165, 1.54) is 0 Å². The lowest BCUT2D eigenvalue weighted by molar-refractivity contribution is -0.133. The maximum absolute atomic E-state index is 12.7. The van der Waals surface area contributed by atoms with Gasteiger partial charge in [0.2, 0.25) is 21.9 Å². The quantitative estimate of drug-likeness (QED) is 0.422. The molecule has 0 aromatic carbocycles. The van der Waals surface area contributed by atoms with E-state index in [1.807, 2.05) is 23.2 Å². The standard InChI is InChI=1S/C24H31N11O3S/c1-30-8-10-31(11-9-30)22(36)17-33-14-18(13-26-33)27-24-28-23-21(3-2-7-34(23)29-24)32-15-19-4-5-20(16-32)35(19)39(37,38)12-6-25/h2-3,7,13-14,19-20H,4-5,8-12,15-17H2,1H3,(H,27,29). The van der Waals surface area contributed by atoms with Crippen LogP contribution in [0.15, 0.2) is 30.7 Å². The molecule has 1 amide bonds. The number of likely N-dealkylation sites (N-methyl/N-ethyl adjacent to an activating group) is 1. The first-order valence-corrected chi connectivity index (χ1v) is 14.7. The number of rotatable bonds is 7. The molecule has 3 aromatic rings. The predicted octanol–water partition coefficient (Wildman–Crippen LogP) is -0.0502. The number of nitrogens with one attached hydrogen (secondary N) is 1. The average molecular weight is 554 g/mol. The van der Waals surface area contributed by atoms with Crippen molar-refractivity contribution in [1.29, 1.82) is 5.26 Å². The normalized spacial score (nSPS) is 22.4. The van der Waals surface area contributed by atoms with Gasteiger partial charge in [0.15, 0.2) is 11.4 Å². The van der Waals surface area contributed by atoms with Crippen LogP contribution in [-0.4, -0.2) is 117 Å². The first kappa shape index (κ1) is 25.5. The maximum atomic E-state index is 12.7. The van der Waals surface area contributed by atoms with E-state index in [2.05, 4.69) is 32.4 Å². The number of aromatic nitrogens is 5. The van der Waals surface area contributed by atoms with Crippen molar-refractivity contribution in [2.24, 2.45) is 0 Å². The summed E-state index contributed by atoms with van der Waals surface area (Å²) in [7, 11) is -1.54. The van der Waals surface area contributed by atoms with E-state index in [9.17, 15) is 13.2 Å². The minimum Gasteiger partial charge on any atom is -0.365 e. The van der Waals surface area contributed by atoms with Gasteiger partial charge in [-0.05, 0) is 32.0 Å². The van der Waals surface area contributed by atoms with Crippen LogP contribution in [0.4, 0.5) is 17.3 Å². The smallest absolute Gasteiger partial charge is 0.247 e. The van der Waals surface area contributed by atoms with Gasteiger partial charge in [-0.3, -0.25) is 9.48 Å². The lowest BCUT2D eigenvalue weighted by Crippen LogP contribution is -2.56. The van der Waals surface area contributed by atoms with Crippen molar-refractivity contribution >= 4 is 38.9 Å². The molecule has 2 bridgehead atoms. The van der Waals surface area contributed by atoms with E-state index in [-0.39, 0.29) is 24.5 Å². The van der Waals surface area contributed by atoms with Crippen LogP contribution in [0.2, 0.25) is 0 Å². The van der Waals surface area contributed by atoms with Crippen LogP contribution in [0.1, 0.15) is 12.8 Å². The molecule has 3 fully saturated rings. The Balaban J connectivity index is 1.15. The summed E-state index contributed by atoms with van der Waals surface area (Å²) < 4.78 is 30.2. The monoisotopic (exact) mass is 553 g/mol. The number of piperazine rings is 2. The molecule has 6 heterocycles. The topological polar surface area (TPSA) is 148 Å². The Hall–Kier alpha value is -3.74. The minimum atomic E-state index is -3.59. The molecule has 206 valence electrons. The lowest BCUT2D eigenvalue weighted by atomic mass is 10.2. The van der Waals surface area contributed by atoms with E-state index in [0.717, 1.165) is 44.7 Å². The number of hydrogen-bond acceptors (Lipinski definition) is 10. The summed E-state index contributed by atoms with van der Waals surface area (Å²) in [5.74, 6) is -0.0524. The predicted molar refractivity (Wildman–Crippen MR) is 143 cm³/mol. The van der Waals surface area contributed by atoms with Crippen molar-refractivity contribution in [2.75, 3.05) is 62.3 Å². The van der Waals surface area contributed by atoms with Gasteiger partial charge in [-0.2, -0.15) is 19.6 Å². The summed E-state index contributed by atoms with van der Waals surface area (Å²) in [4.78, 5) is 23.6. The third kappa shape index (κ3) is 5.02. The fourth-order valence-electron chi connectivity index (χ4n) is 5.80. The Morgan fingerprint density at radius 3 is 2.64 bits per heavy atom. The Kier molecular flexibility index (Phi) is 6.61. The van der Waals surface area contributed by atoms with Gasteiger partial charge in [0.25, 0.3) is 0 Å². The Morgan fingerprint density at radius 2 is 1.92 bits per heavy atom. The van der Waals surface area contributed by atoms with Crippen LogP contribution < -0.4 is 10.2 Å². The molecule has 3 saturated heterocycles. The van der Waals surface area contributed by atoms with Crippen molar-refractivity contribution in [1.82, 2.24) is 38.5 Å². The summed E-state index contributed by atoms with van der Waals surface area (Å²) in [6.45, 7) is 4.43. The molecule has 1 N–H and O–H groups in total. The molecule has 0 saturated carbocycles. The highest BCUT2D eigenvalue weighted by Crippen LogP contribution is 2.36. The summed E-state index contributed by atoms with van der Waals surface area (Å²) in [6.07, 6.45) is 6.77. The van der Waals surface area contributed by atoms with E-state index in [4.69, 9.17) is 10.2 Å². The highest BCUT2D eigenvalue weighted by Gasteiger charge is 2.46. The molecular weight excluding hydrogens is 522 g/mol. The van der Waals surface area contributed by atoms with Gasteiger partial charge < -0.3 is 20.0 Å². The number of pyridine rings is 1. The van der Waals surface area contributed by atoms with Crippen LogP contribution in [-0.2, 0) is 21.4 Å². The number of hydrogen-bond donors (Lipinski definition) is 1. The number of nitriles is 1. The van der Waals surface area contributed by atoms with Crippen LogP contribution in [0.5, 0.6) is 0 Å². The molecule has 2 unspecified atom stereocenters. The second-order valence-corrected chi connectivity index (χ2v) is 12.2. The first-order valence-electron chi connectivity index (χ1n) is 13.0. The van der Waals surface area contributed by atoms with Crippen molar-refractivity contribution in [3.8, 4) is 6.07 Å². The second kappa shape index (κ2) is 10.1. The number of anilines is 3. The van der Waals surface area contributed by atoms with E-state index >= 15 is 0 Å². The van der Waals surface area contributed by atoms with Crippen molar-refractivity contribution < 1.29 is 13.2 Å². The highest BCUT2D eigenvalue weighted by atomic mass is 32.2. The summed E-state index contributed by atoms with van der Waals surface area (Å²) in [5, 5.41) is 21.0. The number of sulfonamides is 1. The third-order valence-corrected chi connectivity index (χ3v) is 9.44. The Bertz CT molecular complexity index is 1510. The van der Waals surface area contributed by atoms with Gasteiger partial charge >= 0.3 is 0 Å². The Labute approximate surface area is 226 Å². The average Bonchev–Trinajstić information content (AvgIpc) is 3.60. The largest absolute Gasteiger partial charge is 0.365 e. The zero-order chi connectivity index (χ0) is 27.1. The van der Waals surface area contributed by atoms with Crippen molar-refractivity contribution in [2.45, 2.75) is 31.5 Å². The molecule has 3 aromatic heterocycles. The Morgan fingerprint density at radius 1 is 1.18 bits per heavy atom. The molecule has 39 heavy (non-hydrogen) atoms. The van der Waals surface area contributed by atoms with Crippen molar-refractivity contribution in [3.63, 3.8) is 0 Å². The first-order chi connectivity index (χ1) is 18.8. The van der Waals surface area contributed by atoms with Crippen molar-refractivity contribution in [3.05, 3.63) is 30.7 Å². The summed E-state index contributed by atoms with van der Waals surface area (Å²) in [5.41, 5.74) is 2.21. The molecule has 0 aliphatic carbocycles. The number of fused-ring (bicyclic) bond motifs is 3. The van der Waals surface area contributed by atoms with Gasteiger partial charge in [-0.1, -0.05) is 0 Å². The van der Waals surface area contributed by atoms with Gasteiger partial charge in [-0.25, -0.2) is 12.9 Å². The minimum absolute atomic E-state index is 0.0442. The van der Waals surface area contributed by atoms with Gasteiger partial charge in [0, 0.05) is 63.7 Å².